The van der Waals surface area contributed by atoms with Crippen LogP contribution in [0.3, 0.4) is 0 Å². The van der Waals surface area contributed by atoms with Gasteiger partial charge in [-0.05, 0) is 30.9 Å². The number of anilines is 1. The number of sulfonamides is 1. The number of aromatic nitrogens is 1. The third kappa shape index (κ3) is 3.09. The van der Waals surface area contributed by atoms with Gasteiger partial charge in [-0.1, -0.05) is 29.0 Å². The molecule has 4 rings (SSSR count). The Morgan fingerprint density at radius 1 is 1.27 bits per heavy atom. The number of hydrogen-bond donors (Lipinski definition) is 3. The summed E-state index contributed by atoms with van der Waals surface area (Å²) in [5.74, 6) is -0.0923. The minimum Gasteiger partial charge on any atom is -0.347 e. The van der Waals surface area contributed by atoms with Gasteiger partial charge in [0.05, 0.1) is 11.1 Å². The van der Waals surface area contributed by atoms with E-state index in [0.717, 1.165) is 5.56 Å². The number of nitrogens with one attached hydrogen (secondary N) is 2. The zero-order valence-corrected chi connectivity index (χ0v) is 15.5. The van der Waals surface area contributed by atoms with Crippen molar-refractivity contribution in [1.82, 2.24) is 15.2 Å². The Hall–Kier alpha value is -2.01. The van der Waals surface area contributed by atoms with Crippen molar-refractivity contribution >= 4 is 32.4 Å². The topological polar surface area (TPSA) is 112 Å². The number of rotatable bonds is 5. The SMILES string of the molecule is Cc1ccc(S(=O)(=O)NC2C3CN(c4ncc(C(=O)NO)s4)CC32)cc1. The average Bonchev–Trinajstić information content (AvgIpc) is 3.05. The molecule has 0 radical (unpaired) electrons. The Morgan fingerprint density at radius 2 is 1.92 bits per heavy atom. The molecule has 2 atom stereocenters. The largest absolute Gasteiger partial charge is 0.347 e. The molecular formula is C16H18N4O4S2. The predicted octanol–water partition coefficient (Wildman–Crippen LogP) is 0.984. The number of hydrogen-bond acceptors (Lipinski definition) is 7. The van der Waals surface area contributed by atoms with Crippen LogP contribution in [-0.2, 0) is 10.0 Å². The van der Waals surface area contributed by atoms with Gasteiger partial charge in [-0.3, -0.25) is 10.0 Å². The number of fused-ring (bicyclic) bond motifs is 1. The number of carbonyl (C=O) groups excluding carboxylic acids is 1. The molecule has 1 amide bonds. The molecule has 1 aliphatic heterocycles. The van der Waals surface area contributed by atoms with Crippen LogP contribution in [0.25, 0.3) is 0 Å². The Kier molecular flexibility index (Phi) is 4.22. The van der Waals surface area contributed by atoms with Crippen LogP contribution in [0, 0.1) is 18.8 Å². The average molecular weight is 394 g/mol. The normalized spacial score (nSPS) is 24.4. The van der Waals surface area contributed by atoms with E-state index in [1.54, 1.807) is 29.7 Å². The van der Waals surface area contributed by atoms with Gasteiger partial charge in [0.25, 0.3) is 5.91 Å². The Balaban J connectivity index is 1.38. The lowest BCUT2D eigenvalue weighted by atomic mass is 10.2. The van der Waals surface area contributed by atoms with Crippen molar-refractivity contribution in [2.75, 3.05) is 18.0 Å². The third-order valence-electron chi connectivity index (χ3n) is 4.91. The second-order valence-corrected chi connectivity index (χ2v) is 9.36. The molecule has 8 nitrogen and oxygen atoms in total. The molecule has 1 aromatic heterocycles. The van der Waals surface area contributed by atoms with E-state index in [4.69, 9.17) is 5.21 Å². The van der Waals surface area contributed by atoms with Crippen LogP contribution in [0.4, 0.5) is 5.13 Å². The number of amides is 1. The summed E-state index contributed by atoms with van der Waals surface area (Å²) in [6, 6.07) is 6.74. The lowest BCUT2D eigenvalue weighted by Gasteiger charge is -2.19. The van der Waals surface area contributed by atoms with Crippen molar-refractivity contribution in [3.05, 3.63) is 40.9 Å². The first kappa shape index (κ1) is 17.4. The van der Waals surface area contributed by atoms with E-state index in [2.05, 4.69) is 9.71 Å². The highest BCUT2D eigenvalue weighted by Crippen LogP contribution is 2.47. The van der Waals surface area contributed by atoms with Crippen LogP contribution in [0.2, 0.25) is 0 Å². The van der Waals surface area contributed by atoms with Gasteiger partial charge in [-0.15, -0.1) is 0 Å². The Bertz CT molecular complexity index is 929. The minimum atomic E-state index is -3.51. The molecule has 1 saturated carbocycles. The summed E-state index contributed by atoms with van der Waals surface area (Å²) in [5.41, 5.74) is 2.61. The fourth-order valence-electron chi connectivity index (χ4n) is 3.39. The van der Waals surface area contributed by atoms with E-state index in [1.807, 2.05) is 11.8 Å². The van der Waals surface area contributed by atoms with Gasteiger partial charge in [-0.2, -0.15) is 0 Å². The Labute approximate surface area is 154 Å². The highest BCUT2D eigenvalue weighted by atomic mass is 32.2. The molecule has 0 spiro atoms. The smallest absolute Gasteiger partial charge is 0.286 e. The summed E-state index contributed by atoms with van der Waals surface area (Å²) in [6.45, 7) is 3.30. The van der Waals surface area contributed by atoms with Crippen molar-refractivity contribution in [3.8, 4) is 0 Å². The van der Waals surface area contributed by atoms with Gasteiger partial charge in [0, 0.05) is 19.1 Å². The zero-order chi connectivity index (χ0) is 18.5. The first-order valence-corrected chi connectivity index (χ1v) is 10.4. The number of aryl methyl sites for hydroxylation is 1. The fraction of sp³-hybridized carbons (Fsp3) is 0.375. The van der Waals surface area contributed by atoms with E-state index in [1.165, 1.54) is 17.5 Å². The molecule has 138 valence electrons. The zero-order valence-electron chi connectivity index (χ0n) is 13.9. The van der Waals surface area contributed by atoms with E-state index in [0.29, 0.717) is 23.1 Å². The minimum absolute atomic E-state index is 0.0577. The van der Waals surface area contributed by atoms with Crippen molar-refractivity contribution < 1.29 is 18.4 Å². The first-order valence-electron chi connectivity index (χ1n) is 8.13. The molecule has 1 saturated heterocycles. The van der Waals surface area contributed by atoms with Crippen molar-refractivity contribution in [2.24, 2.45) is 11.8 Å². The lowest BCUT2D eigenvalue weighted by molar-refractivity contribution is 0.0710. The number of hydroxylamine groups is 1. The molecule has 1 aliphatic carbocycles. The molecule has 2 aromatic rings. The highest BCUT2D eigenvalue weighted by molar-refractivity contribution is 7.89. The maximum Gasteiger partial charge on any atom is 0.286 e. The number of thiazole rings is 1. The van der Waals surface area contributed by atoms with Gasteiger partial charge >= 0.3 is 0 Å². The van der Waals surface area contributed by atoms with Gasteiger partial charge in [0.15, 0.2) is 5.13 Å². The van der Waals surface area contributed by atoms with Crippen LogP contribution in [-0.4, -0.2) is 43.6 Å². The maximum atomic E-state index is 12.5. The molecule has 2 aliphatic rings. The molecule has 1 aromatic carbocycles. The summed E-state index contributed by atoms with van der Waals surface area (Å²) in [4.78, 5) is 18.3. The van der Waals surface area contributed by atoms with Crippen LogP contribution < -0.4 is 15.1 Å². The van der Waals surface area contributed by atoms with Gasteiger partial charge in [0.2, 0.25) is 10.0 Å². The van der Waals surface area contributed by atoms with Crippen molar-refractivity contribution in [2.45, 2.75) is 17.9 Å². The van der Waals surface area contributed by atoms with Crippen LogP contribution in [0.1, 0.15) is 15.2 Å². The number of nitrogens with zero attached hydrogens (tertiary/aromatic N) is 2. The van der Waals surface area contributed by atoms with Gasteiger partial charge in [0.1, 0.15) is 4.88 Å². The molecule has 2 heterocycles. The summed E-state index contributed by atoms with van der Waals surface area (Å²) in [6.07, 6.45) is 1.42. The molecule has 10 heteroatoms. The molecule has 2 fully saturated rings. The molecule has 0 bridgehead atoms. The second kappa shape index (κ2) is 6.31. The van der Waals surface area contributed by atoms with E-state index < -0.39 is 15.9 Å². The maximum absolute atomic E-state index is 12.5. The van der Waals surface area contributed by atoms with E-state index in [9.17, 15) is 13.2 Å². The summed E-state index contributed by atoms with van der Waals surface area (Å²) >= 11 is 1.20. The summed E-state index contributed by atoms with van der Waals surface area (Å²) in [5, 5.41) is 9.37. The molecule has 26 heavy (non-hydrogen) atoms. The second-order valence-electron chi connectivity index (χ2n) is 6.64. The van der Waals surface area contributed by atoms with E-state index in [-0.39, 0.29) is 22.8 Å². The van der Waals surface area contributed by atoms with Crippen LogP contribution >= 0.6 is 11.3 Å². The monoisotopic (exact) mass is 394 g/mol. The predicted molar refractivity (Wildman–Crippen MR) is 95.8 cm³/mol. The quantitative estimate of drug-likeness (QED) is 0.515. The standard InChI is InChI=1S/C16H18N4O4S2/c1-9-2-4-10(5-3-9)26(23,24)19-14-11-7-20(8-12(11)14)16-17-6-13(25-16)15(21)18-22/h2-6,11-12,14,19,22H,7-8H2,1H3,(H,18,21). The number of piperidine rings is 1. The molecule has 3 N–H and O–H groups in total. The molecular weight excluding hydrogens is 376 g/mol. The van der Waals surface area contributed by atoms with E-state index >= 15 is 0 Å². The van der Waals surface area contributed by atoms with Gasteiger partial charge < -0.3 is 4.90 Å². The third-order valence-corrected chi connectivity index (χ3v) is 7.44. The first-order chi connectivity index (χ1) is 12.4. The van der Waals surface area contributed by atoms with Gasteiger partial charge in [-0.25, -0.2) is 23.6 Å². The summed E-state index contributed by atoms with van der Waals surface area (Å²) < 4.78 is 27.8. The summed E-state index contributed by atoms with van der Waals surface area (Å²) in [7, 11) is -3.51. The Morgan fingerprint density at radius 3 is 2.54 bits per heavy atom. The fourth-order valence-corrected chi connectivity index (χ4v) is 5.56. The van der Waals surface area contributed by atoms with Crippen LogP contribution in [0.5, 0.6) is 0 Å². The van der Waals surface area contributed by atoms with Crippen molar-refractivity contribution in [3.63, 3.8) is 0 Å². The number of carbonyl (C=O) groups is 1. The van der Waals surface area contributed by atoms with Crippen LogP contribution in [0.15, 0.2) is 35.4 Å². The highest BCUT2D eigenvalue weighted by Gasteiger charge is 2.57. The number of benzene rings is 1. The van der Waals surface area contributed by atoms with Crippen molar-refractivity contribution in [1.29, 1.82) is 0 Å². The molecule has 2 unspecified atom stereocenters. The lowest BCUT2D eigenvalue weighted by Crippen LogP contribution is -2.34.